The number of methoxy groups -OCH3 is 2. The van der Waals surface area contributed by atoms with Crippen LogP contribution in [0.2, 0.25) is 18.1 Å². The van der Waals surface area contributed by atoms with Crippen molar-refractivity contribution in [3.8, 4) is 11.5 Å². The van der Waals surface area contributed by atoms with E-state index in [1.54, 1.807) is 14.2 Å². The van der Waals surface area contributed by atoms with Crippen LogP contribution in [0.15, 0.2) is 101 Å². The Morgan fingerprint density at radius 2 is 1.37 bits per heavy atom. The Balaban J connectivity index is 1.56. The van der Waals surface area contributed by atoms with Crippen molar-refractivity contribution < 1.29 is 23.4 Å². The lowest BCUT2D eigenvalue weighted by Gasteiger charge is -2.39. The second kappa shape index (κ2) is 13.4. The molecular weight excluding hydrogens is 600 g/mol. The lowest BCUT2D eigenvalue weighted by atomic mass is 9.80. The van der Waals surface area contributed by atoms with Gasteiger partial charge in [0.25, 0.3) is 5.56 Å². The number of nitrogens with one attached hydrogen (secondary N) is 1. The minimum Gasteiger partial charge on any atom is -0.497 e. The molecule has 0 spiro atoms. The van der Waals surface area contributed by atoms with Crippen LogP contribution in [-0.2, 0) is 19.5 Å². The summed E-state index contributed by atoms with van der Waals surface area (Å²) in [6.07, 6.45) is 0.392. The van der Waals surface area contributed by atoms with Crippen LogP contribution in [-0.4, -0.2) is 50.9 Å². The summed E-state index contributed by atoms with van der Waals surface area (Å²) in [5, 5.41) is -0.0622. The SMILES string of the molecule is COc1ccc(C(OC[C@H]2C[C@@H](O[Si](C)(C)C(C)(C)C)[C@H](n3ccc(=O)[nH]c3=O)O2)(c2ccccc2)c2ccc(OC)cc2)cc1. The van der Waals surface area contributed by atoms with Crippen molar-refractivity contribution in [1.29, 1.82) is 0 Å². The topological polar surface area (TPSA) is 101 Å². The molecule has 1 saturated heterocycles. The molecule has 1 aliphatic heterocycles. The van der Waals surface area contributed by atoms with E-state index in [4.69, 9.17) is 23.4 Å². The lowest BCUT2D eigenvalue weighted by molar-refractivity contribution is -0.0864. The van der Waals surface area contributed by atoms with Gasteiger partial charge in [-0.3, -0.25) is 14.3 Å². The van der Waals surface area contributed by atoms with E-state index in [9.17, 15) is 9.59 Å². The van der Waals surface area contributed by atoms with Crippen LogP contribution < -0.4 is 20.7 Å². The number of hydrogen-bond acceptors (Lipinski definition) is 7. The van der Waals surface area contributed by atoms with Gasteiger partial charge in [-0.25, -0.2) is 4.79 Å². The first-order chi connectivity index (χ1) is 21.9. The number of hydrogen-bond donors (Lipinski definition) is 1. The molecule has 1 aliphatic rings. The summed E-state index contributed by atoms with van der Waals surface area (Å²) < 4.78 is 32.9. The van der Waals surface area contributed by atoms with Gasteiger partial charge in [-0.05, 0) is 59.1 Å². The maximum absolute atomic E-state index is 12.9. The molecule has 0 saturated carbocycles. The number of aromatic amines is 1. The Morgan fingerprint density at radius 1 is 0.826 bits per heavy atom. The van der Waals surface area contributed by atoms with Crippen LogP contribution in [0.1, 0.15) is 50.1 Å². The summed E-state index contributed by atoms with van der Waals surface area (Å²) in [7, 11) is 1.01. The highest BCUT2D eigenvalue weighted by molar-refractivity contribution is 6.74. The van der Waals surface area contributed by atoms with Gasteiger partial charge in [0.15, 0.2) is 14.5 Å². The summed E-state index contributed by atoms with van der Waals surface area (Å²) in [6.45, 7) is 11.1. The minimum absolute atomic E-state index is 0.0622. The molecule has 0 radical (unpaired) electrons. The summed E-state index contributed by atoms with van der Waals surface area (Å²) in [5.41, 5.74) is 0.720. The molecule has 2 heterocycles. The molecule has 5 rings (SSSR count). The van der Waals surface area contributed by atoms with Crippen molar-refractivity contribution >= 4 is 8.32 Å². The van der Waals surface area contributed by atoms with E-state index in [2.05, 4.69) is 51.0 Å². The first-order valence-corrected chi connectivity index (χ1v) is 18.4. The van der Waals surface area contributed by atoms with Crippen LogP contribution in [0.25, 0.3) is 0 Å². The fourth-order valence-electron chi connectivity index (χ4n) is 5.65. The predicted octanol–water partition coefficient (Wildman–Crippen LogP) is 6.24. The van der Waals surface area contributed by atoms with E-state index in [-0.39, 0.29) is 11.6 Å². The fourth-order valence-corrected chi connectivity index (χ4v) is 6.97. The summed E-state index contributed by atoms with van der Waals surface area (Å²) in [4.78, 5) is 27.2. The number of rotatable bonds is 11. The maximum Gasteiger partial charge on any atom is 0.330 e. The number of nitrogens with zero attached hydrogens (tertiary/aromatic N) is 1. The van der Waals surface area contributed by atoms with Gasteiger partial charge in [-0.15, -0.1) is 0 Å². The lowest BCUT2D eigenvalue weighted by Crippen LogP contribution is -2.46. The molecule has 0 aliphatic carbocycles. The average Bonchev–Trinajstić information content (AvgIpc) is 3.43. The summed E-state index contributed by atoms with van der Waals surface area (Å²) in [6, 6.07) is 27.1. The zero-order chi connectivity index (χ0) is 33.1. The highest BCUT2D eigenvalue weighted by Gasteiger charge is 2.47. The monoisotopic (exact) mass is 644 g/mol. The molecule has 0 amide bonds. The quantitative estimate of drug-likeness (QED) is 0.152. The van der Waals surface area contributed by atoms with Crippen molar-refractivity contribution in [2.75, 3.05) is 20.8 Å². The van der Waals surface area contributed by atoms with Gasteiger partial charge in [0, 0.05) is 18.7 Å². The molecule has 0 bridgehead atoms. The molecule has 46 heavy (non-hydrogen) atoms. The van der Waals surface area contributed by atoms with Gasteiger partial charge >= 0.3 is 5.69 Å². The number of ether oxygens (including phenoxy) is 4. The van der Waals surface area contributed by atoms with E-state index < -0.39 is 43.6 Å². The van der Waals surface area contributed by atoms with Crippen molar-refractivity contribution in [1.82, 2.24) is 9.55 Å². The first kappa shape index (κ1) is 33.4. The highest BCUT2D eigenvalue weighted by atomic mass is 28.4. The fraction of sp³-hybridized carbons (Fsp3) is 0.389. The second-order valence-electron chi connectivity index (χ2n) is 13.1. The van der Waals surface area contributed by atoms with Crippen LogP contribution in [0.3, 0.4) is 0 Å². The minimum atomic E-state index is -2.27. The molecule has 3 aromatic carbocycles. The van der Waals surface area contributed by atoms with Crippen molar-refractivity contribution in [3.05, 3.63) is 129 Å². The van der Waals surface area contributed by atoms with Crippen molar-refractivity contribution in [3.63, 3.8) is 0 Å². The van der Waals surface area contributed by atoms with E-state index >= 15 is 0 Å². The molecule has 1 fully saturated rings. The third kappa shape index (κ3) is 6.76. The normalized spacial score (nSPS) is 18.8. The smallest absolute Gasteiger partial charge is 0.330 e. The molecule has 10 heteroatoms. The third-order valence-electron chi connectivity index (χ3n) is 9.18. The van der Waals surface area contributed by atoms with Gasteiger partial charge < -0.3 is 23.4 Å². The Kier molecular flexibility index (Phi) is 9.74. The van der Waals surface area contributed by atoms with Crippen molar-refractivity contribution in [2.45, 2.75) is 69.4 Å². The standard InChI is InChI=1S/C36H44N2O7Si/c1-35(2,3)46(6,7)45-31-23-30(44-33(31)38-22-21-32(39)37-34(38)40)24-43-36(25-11-9-8-10-12-25,26-13-17-28(41-4)18-14-26)27-15-19-29(42-5)20-16-27/h8-22,30-31,33H,23-24H2,1-7H3,(H,37,39,40)/t30-,31-,33-/m1/s1. The van der Waals surface area contributed by atoms with E-state index in [0.29, 0.717) is 6.42 Å². The maximum atomic E-state index is 12.9. The van der Waals surface area contributed by atoms with E-state index in [1.807, 2.05) is 66.7 Å². The second-order valence-corrected chi connectivity index (χ2v) is 17.9. The Hall–Kier alpha value is -3.96. The summed E-state index contributed by atoms with van der Waals surface area (Å²) in [5.74, 6) is 1.47. The molecule has 1 aromatic heterocycles. The van der Waals surface area contributed by atoms with Crippen LogP contribution in [0, 0.1) is 0 Å². The molecule has 244 valence electrons. The number of benzene rings is 3. The molecule has 0 unspecified atom stereocenters. The van der Waals surface area contributed by atoms with Crippen LogP contribution >= 0.6 is 0 Å². The van der Waals surface area contributed by atoms with Gasteiger partial charge in [0.1, 0.15) is 17.1 Å². The largest absolute Gasteiger partial charge is 0.497 e. The van der Waals surface area contributed by atoms with Crippen LogP contribution in [0.5, 0.6) is 11.5 Å². The molecule has 3 atom stereocenters. The Morgan fingerprint density at radius 3 is 1.87 bits per heavy atom. The first-order valence-electron chi connectivity index (χ1n) is 15.5. The van der Waals surface area contributed by atoms with Gasteiger partial charge in [-0.1, -0.05) is 75.4 Å². The zero-order valence-corrected chi connectivity index (χ0v) is 28.6. The molecule has 4 aromatic rings. The predicted molar refractivity (Wildman–Crippen MR) is 180 cm³/mol. The van der Waals surface area contributed by atoms with Crippen LogP contribution in [0.4, 0.5) is 0 Å². The third-order valence-corrected chi connectivity index (χ3v) is 13.7. The molecule has 1 N–H and O–H groups in total. The Labute approximate surface area is 271 Å². The number of H-pyrrole nitrogens is 1. The van der Waals surface area contributed by atoms with Crippen molar-refractivity contribution in [2.24, 2.45) is 0 Å². The van der Waals surface area contributed by atoms with Gasteiger partial charge in [0.2, 0.25) is 0 Å². The van der Waals surface area contributed by atoms with Gasteiger partial charge in [0.05, 0.1) is 33.0 Å². The van der Waals surface area contributed by atoms with E-state index in [0.717, 1.165) is 28.2 Å². The molecule has 9 nitrogen and oxygen atoms in total. The average molecular weight is 645 g/mol. The highest BCUT2D eigenvalue weighted by Crippen LogP contribution is 2.44. The molecular formula is C36H44N2O7Si. The summed E-state index contributed by atoms with van der Waals surface area (Å²) >= 11 is 0. The Bertz CT molecular complexity index is 1660. The van der Waals surface area contributed by atoms with E-state index in [1.165, 1.54) is 16.8 Å². The zero-order valence-electron chi connectivity index (χ0n) is 27.6. The van der Waals surface area contributed by atoms with Gasteiger partial charge in [-0.2, -0.15) is 0 Å². The number of aromatic nitrogens is 2.